The normalized spacial score (nSPS) is 10.5. The van der Waals surface area contributed by atoms with Crippen molar-refractivity contribution in [2.45, 2.75) is 6.42 Å². The van der Waals surface area contributed by atoms with Crippen LogP contribution in [0.4, 0.5) is 0 Å². The lowest BCUT2D eigenvalue weighted by Gasteiger charge is -2.01. The quantitative estimate of drug-likeness (QED) is 0.940. The first-order valence-corrected chi connectivity index (χ1v) is 6.78. The van der Waals surface area contributed by atoms with Crippen molar-refractivity contribution in [1.82, 2.24) is 15.1 Å². The van der Waals surface area contributed by atoms with Gasteiger partial charge in [0.05, 0.1) is 14.4 Å². The molecule has 4 nitrogen and oxygen atoms in total. The third-order valence-electron chi connectivity index (χ3n) is 2.23. The van der Waals surface area contributed by atoms with E-state index < -0.39 is 0 Å². The Labute approximate surface area is 112 Å². The molecule has 0 radical (unpaired) electrons. The van der Waals surface area contributed by atoms with Gasteiger partial charge in [-0.25, -0.2) is 0 Å². The highest BCUT2D eigenvalue weighted by Crippen LogP contribution is 2.21. The van der Waals surface area contributed by atoms with E-state index in [0.29, 0.717) is 6.54 Å². The number of carbonyl (C=O) groups excluding carboxylic acids is 1. The van der Waals surface area contributed by atoms with Crippen LogP contribution in [0.25, 0.3) is 0 Å². The lowest BCUT2D eigenvalue weighted by molar-refractivity contribution is 0.0958. The first kappa shape index (κ1) is 12.3. The summed E-state index contributed by atoms with van der Waals surface area (Å²) in [7, 11) is 1.88. The summed E-state index contributed by atoms with van der Waals surface area (Å²) in [5.41, 5.74) is 0.986. The van der Waals surface area contributed by atoms with E-state index in [1.165, 1.54) is 11.3 Å². The van der Waals surface area contributed by atoms with Crippen LogP contribution in [0, 0.1) is 0 Å². The van der Waals surface area contributed by atoms with Gasteiger partial charge in [0, 0.05) is 26.2 Å². The highest BCUT2D eigenvalue weighted by molar-refractivity contribution is 9.11. The smallest absolute Gasteiger partial charge is 0.261 e. The van der Waals surface area contributed by atoms with Crippen LogP contribution in [0.3, 0.4) is 0 Å². The molecule has 0 fully saturated rings. The van der Waals surface area contributed by atoms with Crippen molar-refractivity contribution in [1.29, 1.82) is 0 Å². The van der Waals surface area contributed by atoms with E-state index in [4.69, 9.17) is 0 Å². The molecule has 6 heteroatoms. The molecule has 0 atom stereocenters. The summed E-state index contributed by atoms with van der Waals surface area (Å²) in [5.74, 6) is -0.0309. The van der Waals surface area contributed by atoms with E-state index in [1.54, 1.807) is 4.68 Å². The van der Waals surface area contributed by atoms with Crippen LogP contribution < -0.4 is 5.32 Å². The minimum atomic E-state index is -0.0309. The van der Waals surface area contributed by atoms with Crippen molar-refractivity contribution in [2.75, 3.05) is 6.54 Å². The number of halogens is 1. The fraction of sp³-hybridized carbons (Fsp3) is 0.273. The zero-order chi connectivity index (χ0) is 12.3. The third-order valence-corrected chi connectivity index (χ3v) is 3.85. The van der Waals surface area contributed by atoms with Crippen molar-refractivity contribution >= 4 is 33.2 Å². The molecule has 1 N–H and O–H groups in total. The largest absolute Gasteiger partial charge is 0.351 e. The first-order valence-electron chi connectivity index (χ1n) is 5.17. The predicted octanol–water partition coefficient (Wildman–Crippen LogP) is 2.22. The monoisotopic (exact) mass is 313 g/mol. The molecule has 0 aliphatic rings. The summed E-state index contributed by atoms with van der Waals surface area (Å²) in [6, 6.07) is 5.64. The molecule has 0 saturated heterocycles. The fourth-order valence-electron chi connectivity index (χ4n) is 1.42. The molecular weight excluding hydrogens is 302 g/mol. The second-order valence-corrected chi connectivity index (χ2v) is 6.05. The second-order valence-electron chi connectivity index (χ2n) is 3.59. The van der Waals surface area contributed by atoms with Gasteiger partial charge < -0.3 is 5.32 Å². The maximum atomic E-state index is 11.7. The number of thiophene rings is 1. The molecule has 0 unspecified atom stereocenters. The van der Waals surface area contributed by atoms with Gasteiger partial charge >= 0.3 is 0 Å². The van der Waals surface area contributed by atoms with Crippen LogP contribution in [-0.4, -0.2) is 22.2 Å². The lowest BCUT2D eigenvalue weighted by Crippen LogP contribution is -2.24. The van der Waals surface area contributed by atoms with Crippen LogP contribution in [0.5, 0.6) is 0 Å². The molecule has 0 aliphatic carbocycles. The van der Waals surface area contributed by atoms with Crippen molar-refractivity contribution in [3.8, 4) is 0 Å². The van der Waals surface area contributed by atoms with Crippen LogP contribution in [0.2, 0.25) is 0 Å². The number of aromatic nitrogens is 2. The lowest BCUT2D eigenvalue weighted by atomic mass is 10.3. The van der Waals surface area contributed by atoms with Crippen molar-refractivity contribution in [2.24, 2.45) is 7.05 Å². The van der Waals surface area contributed by atoms with E-state index in [1.807, 2.05) is 31.4 Å². The van der Waals surface area contributed by atoms with Gasteiger partial charge in [0.2, 0.25) is 0 Å². The molecule has 0 spiro atoms. The van der Waals surface area contributed by atoms with E-state index in [2.05, 4.69) is 26.3 Å². The number of nitrogens with zero attached hydrogens (tertiary/aromatic N) is 2. The third kappa shape index (κ3) is 3.41. The molecule has 90 valence electrons. The molecule has 2 heterocycles. The van der Waals surface area contributed by atoms with Gasteiger partial charge in [-0.05, 0) is 34.1 Å². The van der Waals surface area contributed by atoms with E-state index in [0.717, 1.165) is 20.8 Å². The summed E-state index contributed by atoms with van der Waals surface area (Å²) in [4.78, 5) is 12.4. The number of carbonyl (C=O) groups is 1. The SMILES string of the molecule is Cn1ccc(CCNC(=O)c2ccc(Br)s2)n1. The summed E-state index contributed by atoms with van der Waals surface area (Å²) in [5, 5.41) is 7.12. The van der Waals surface area contributed by atoms with Gasteiger partial charge in [-0.1, -0.05) is 0 Å². The minimum Gasteiger partial charge on any atom is -0.351 e. The number of hydrogen-bond acceptors (Lipinski definition) is 3. The Bertz CT molecular complexity index is 520. The Morgan fingerprint density at radius 3 is 2.94 bits per heavy atom. The average molecular weight is 314 g/mol. The van der Waals surface area contributed by atoms with E-state index >= 15 is 0 Å². The highest BCUT2D eigenvalue weighted by Gasteiger charge is 2.07. The summed E-state index contributed by atoms with van der Waals surface area (Å²) in [6.45, 7) is 0.603. The number of hydrogen-bond donors (Lipinski definition) is 1. The summed E-state index contributed by atoms with van der Waals surface area (Å²) >= 11 is 4.76. The van der Waals surface area contributed by atoms with Crippen molar-refractivity contribution in [3.05, 3.63) is 38.8 Å². The predicted molar refractivity (Wildman–Crippen MR) is 71.3 cm³/mol. The zero-order valence-electron chi connectivity index (χ0n) is 9.31. The van der Waals surface area contributed by atoms with Gasteiger partial charge in [-0.2, -0.15) is 5.10 Å². The molecule has 2 aromatic rings. The van der Waals surface area contributed by atoms with Gasteiger partial charge in [0.1, 0.15) is 0 Å². The van der Waals surface area contributed by atoms with E-state index in [9.17, 15) is 4.79 Å². The Balaban J connectivity index is 1.81. The molecular formula is C11H12BrN3OS. The molecule has 0 aromatic carbocycles. The Morgan fingerprint density at radius 2 is 2.35 bits per heavy atom. The molecule has 0 aliphatic heterocycles. The highest BCUT2D eigenvalue weighted by atomic mass is 79.9. The van der Waals surface area contributed by atoms with Crippen molar-refractivity contribution < 1.29 is 4.79 Å². The number of nitrogens with one attached hydrogen (secondary N) is 1. The van der Waals surface area contributed by atoms with Crippen LogP contribution in [-0.2, 0) is 13.5 Å². The van der Waals surface area contributed by atoms with Gasteiger partial charge in [0.15, 0.2) is 0 Å². The summed E-state index contributed by atoms with van der Waals surface area (Å²) < 4.78 is 2.72. The van der Waals surface area contributed by atoms with Gasteiger partial charge in [0.25, 0.3) is 5.91 Å². The molecule has 2 aromatic heterocycles. The Kier molecular flexibility index (Phi) is 3.96. The van der Waals surface area contributed by atoms with Gasteiger partial charge in [-0.3, -0.25) is 9.48 Å². The maximum absolute atomic E-state index is 11.7. The van der Waals surface area contributed by atoms with Crippen LogP contribution >= 0.6 is 27.3 Å². The second kappa shape index (κ2) is 5.46. The minimum absolute atomic E-state index is 0.0309. The molecule has 0 saturated carbocycles. The fourth-order valence-corrected chi connectivity index (χ4v) is 2.73. The van der Waals surface area contributed by atoms with E-state index in [-0.39, 0.29) is 5.91 Å². The molecule has 2 rings (SSSR count). The number of rotatable bonds is 4. The molecule has 0 bridgehead atoms. The zero-order valence-corrected chi connectivity index (χ0v) is 11.7. The van der Waals surface area contributed by atoms with Gasteiger partial charge in [-0.15, -0.1) is 11.3 Å². The Hall–Kier alpha value is -1.14. The maximum Gasteiger partial charge on any atom is 0.261 e. The topological polar surface area (TPSA) is 46.9 Å². The molecule has 1 amide bonds. The standard InChI is InChI=1S/C11H12BrN3OS/c1-15-7-5-8(14-15)4-6-13-11(16)9-2-3-10(12)17-9/h2-3,5,7H,4,6H2,1H3,(H,13,16). The first-order chi connectivity index (χ1) is 8.15. The van der Waals surface area contributed by atoms with Crippen LogP contribution in [0.1, 0.15) is 15.4 Å². The van der Waals surface area contributed by atoms with Crippen molar-refractivity contribution in [3.63, 3.8) is 0 Å². The number of amides is 1. The van der Waals surface area contributed by atoms with Crippen LogP contribution in [0.15, 0.2) is 28.2 Å². The Morgan fingerprint density at radius 1 is 1.53 bits per heavy atom. The molecule has 17 heavy (non-hydrogen) atoms. The number of aryl methyl sites for hydroxylation is 1. The summed E-state index contributed by atoms with van der Waals surface area (Å²) in [6.07, 6.45) is 2.65. The average Bonchev–Trinajstić information content (AvgIpc) is 2.88.